The second-order valence-electron chi connectivity index (χ2n) is 3.92. The number of nitrogens with zero attached hydrogens (tertiary/aromatic N) is 1. The number of carbonyl (C=O) groups excluding carboxylic acids is 1. The molecule has 0 atom stereocenters. The molecule has 1 heterocycles. The summed E-state index contributed by atoms with van der Waals surface area (Å²) in [6, 6.07) is 0. The summed E-state index contributed by atoms with van der Waals surface area (Å²) in [6.45, 7) is 0. The van der Waals surface area contributed by atoms with Crippen LogP contribution in [-0.4, -0.2) is 30.6 Å². The summed E-state index contributed by atoms with van der Waals surface area (Å²) in [6.07, 6.45) is 3.49. The number of ether oxygens (including phenoxy) is 1. The molecule has 3 N–H and O–H groups in total. The molecule has 14 heavy (non-hydrogen) atoms. The number of hydrogen-bond donors (Lipinski definition) is 2. The van der Waals surface area contributed by atoms with Crippen molar-refractivity contribution in [1.29, 1.82) is 0 Å². The first-order valence-electron chi connectivity index (χ1n) is 4.86. The average Bonchev–Trinajstić information content (AvgIpc) is 2.43. The predicted molar refractivity (Wildman–Crippen MR) is 51.8 cm³/mol. The number of guanidine groups is 1. The standard InChI is InChI=1S/C9H15N3O2/c1-14-6-2-4-9(5-3-6)7(13)11-8(10)12-9/h6H,2-5H2,1H3,(H3,10,11,12,13). The summed E-state index contributed by atoms with van der Waals surface area (Å²) in [5.74, 6) is 0.204. The average molecular weight is 197 g/mol. The van der Waals surface area contributed by atoms with E-state index >= 15 is 0 Å². The molecule has 1 spiro atoms. The quantitative estimate of drug-likeness (QED) is 0.609. The number of carbonyl (C=O) groups is 1. The Morgan fingerprint density at radius 3 is 2.64 bits per heavy atom. The van der Waals surface area contributed by atoms with E-state index in [1.807, 2.05) is 0 Å². The molecule has 1 amide bonds. The molecular weight excluding hydrogens is 182 g/mol. The van der Waals surface area contributed by atoms with Gasteiger partial charge in [0.05, 0.1) is 6.10 Å². The van der Waals surface area contributed by atoms with E-state index in [0.717, 1.165) is 25.7 Å². The zero-order chi connectivity index (χ0) is 10.2. The van der Waals surface area contributed by atoms with Gasteiger partial charge in [-0.15, -0.1) is 0 Å². The SMILES string of the molecule is COC1CCC2(CC1)N=C(N)NC2=O. The van der Waals surface area contributed by atoms with E-state index in [4.69, 9.17) is 10.5 Å². The molecule has 1 saturated carbocycles. The Morgan fingerprint density at radius 1 is 1.57 bits per heavy atom. The number of nitrogens with one attached hydrogen (secondary N) is 1. The van der Waals surface area contributed by atoms with Gasteiger partial charge >= 0.3 is 0 Å². The van der Waals surface area contributed by atoms with Crippen LogP contribution in [0.1, 0.15) is 25.7 Å². The third kappa shape index (κ3) is 1.37. The molecule has 0 unspecified atom stereocenters. The molecule has 0 aromatic heterocycles. The number of aliphatic imine (C=N–C) groups is 1. The Labute approximate surface area is 82.7 Å². The van der Waals surface area contributed by atoms with Gasteiger partial charge in [-0.25, -0.2) is 4.99 Å². The number of nitrogens with two attached hydrogens (primary N) is 1. The van der Waals surface area contributed by atoms with Crippen LogP contribution in [0, 0.1) is 0 Å². The topological polar surface area (TPSA) is 76.7 Å². The highest BCUT2D eigenvalue weighted by Crippen LogP contribution is 2.34. The summed E-state index contributed by atoms with van der Waals surface area (Å²) < 4.78 is 5.24. The third-order valence-electron chi connectivity index (χ3n) is 3.09. The smallest absolute Gasteiger partial charge is 0.254 e. The predicted octanol–water partition coefficient (Wildman–Crippen LogP) is -0.241. The van der Waals surface area contributed by atoms with E-state index in [-0.39, 0.29) is 18.0 Å². The maximum absolute atomic E-state index is 11.6. The lowest BCUT2D eigenvalue weighted by atomic mass is 9.81. The molecule has 2 aliphatic rings. The fourth-order valence-electron chi connectivity index (χ4n) is 2.19. The van der Waals surface area contributed by atoms with Gasteiger partial charge in [0.25, 0.3) is 5.91 Å². The van der Waals surface area contributed by atoms with Crippen molar-refractivity contribution >= 4 is 11.9 Å². The van der Waals surface area contributed by atoms with Gasteiger partial charge in [-0.2, -0.15) is 0 Å². The molecule has 0 radical (unpaired) electrons. The minimum atomic E-state index is -0.584. The minimum absolute atomic E-state index is 0.0513. The van der Waals surface area contributed by atoms with Gasteiger partial charge in [-0.3, -0.25) is 10.1 Å². The lowest BCUT2D eigenvalue weighted by molar-refractivity contribution is -0.125. The molecule has 1 aliphatic heterocycles. The molecule has 0 aromatic rings. The fraction of sp³-hybridized carbons (Fsp3) is 0.778. The van der Waals surface area contributed by atoms with E-state index in [1.165, 1.54) is 0 Å². The Kier molecular flexibility index (Phi) is 2.19. The summed E-state index contributed by atoms with van der Waals surface area (Å²) >= 11 is 0. The molecule has 78 valence electrons. The van der Waals surface area contributed by atoms with Crippen LogP contribution in [0.15, 0.2) is 4.99 Å². The number of methoxy groups -OCH3 is 1. The van der Waals surface area contributed by atoms with Crippen LogP contribution in [0.25, 0.3) is 0 Å². The number of amides is 1. The molecule has 5 heteroatoms. The normalized spacial score (nSPS) is 37.1. The molecule has 2 rings (SSSR count). The lowest BCUT2D eigenvalue weighted by Gasteiger charge is -2.31. The summed E-state index contributed by atoms with van der Waals surface area (Å²) in [4.78, 5) is 15.8. The molecule has 5 nitrogen and oxygen atoms in total. The van der Waals surface area contributed by atoms with Gasteiger partial charge in [0, 0.05) is 7.11 Å². The lowest BCUT2D eigenvalue weighted by Crippen LogP contribution is -2.44. The monoisotopic (exact) mass is 197 g/mol. The minimum Gasteiger partial charge on any atom is -0.381 e. The van der Waals surface area contributed by atoms with Gasteiger partial charge in [0.1, 0.15) is 5.54 Å². The summed E-state index contributed by atoms with van der Waals surface area (Å²) in [5.41, 5.74) is 4.90. The van der Waals surface area contributed by atoms with Crippen LogP contribution >= 0.6 is 0 Å². The maximum atomic E-state index is 11.6. The first kappa shape index (κ1) is 9.45. The first-order chi connectivity index (χ1) is 6.66. The van der Waals surface area contributed by atoms with Crippen LogP contribution in [0.5, 0.6) is 0 Å². The molecule has 1 aliphatic carbocycles. The van der Waals surface area contributed by atoms with Gasteiger partial charge in [0.15, 0.2) is 5.96 Å². The van der Waals surface area contributed by atoms with Crippen LogP contribution in [-0.2, 0) is 9.53 Å². The highest BCUT2D eigenvalue weighted by Gasteiger charge is 2.45. The second kappa shape index (κ2) is 3.24. The van der Waals surface area contributed by atoms with Crippen LogP contribution in [0.3, 0.4) is 0 Å². The van der Waals surface area contributed by atoms with Crippen molar-refractivity contribution in [3.8, 4) is 0 Å². The Balaban J connectivity index is 2.09. The number of hydrogen-bond acceptors (Lipinski definition) is 4. The van der Waals surface area contributed by atoms with E-state index in [0.29, 0.717) is 0 Å². The van der Waals surface area contributed by atoms with Gasteiger partial charge < -0.3 is 10.5 Å². The van der Waals surface area contributed by atoms with Crippen molar-refractivity contribution in [2.45, 2.75) is 37.3 Å². The van der Waals surface area contributed by atoms with E-state index in [2.05, 4.69) is 10.3 Å². The zero-order valence-corrected chi connectivity index (χ0v) is 8.25. The van der Waals surface area contributed by atoms with Crippen molar-refractivity contribution in [2.24, 2.45) is 10.7 Å². The number of rotatable bonds is 1. The Bertz CT molecular complexity index is 280. The molecular formula is C9H15N3O2. The van der Waals surface area contributed by atoms with Crippen molar-refractivity contribution < 1.29 is 9.53 Å². The highest BCUT2D eigenvalue weighted by molar-refractivity contribution is 6.06. The van der Waals surface area contributed by atoms with E-state index in [9.17, 15) is 4.79 Å². The van der Waals surface area contributed by atoms with Crippen LogP contribution in [0.2, 0.25) is 0 Å². The van der Waals surface area contributed by atoms with E-state index in [1.54, 1.807) is 7.11 Å². The highest BCUT2D eigenvalue weighted by atomic mass is 16.5. The molecule has 0 saturated heterocycles. The van der Waals surface area contributed by atoms with Crippen molar-refractivity contribution in [2.75, 3.05) is 7.11 Å². The van der Waals surface area contributed by atoms with E-state index < -0.39 is 5.54 Å². The third-order valence-corrected chi connectivity index (χ3v) is 3.09. The Morgan fingerprint density at radius 2 is 2.21 bits per heavy atom. The largest absolute Gasteiger partial charge is 0.381 e. The Hall–Kier alpha value is -1.10. The van der Waals surface area contributed by atoms with Crippen LogP contribution < -0.4 is 11.1 Å². The zero-order valence-electron chi connectivity index (χ0n) is 8.25. The van der Waals surface area contributed by atoms with Gasteiger partial charge in [-0.05, 0) is 25.7 Å². The van der Waals surface area contributed by atoms with Crippen LogP contribution in [0.4, 0.5) is 0 Å². The first-order valence-corrected chi connectivity index (χ1v) is 4.86. The molecule has 0 bridgehead atoms. The summed E-state index contributed by atoms with van der Waals surface area (Å²) in [7, 11) is 1.70. The molecule has 1 fully saturated rings. The van der Waals surface area contributed by atoms with Crippen molar-refractivity contribution in [1.82, 2.24) is 5.32 Å². The van der Waals surface area contributed by atoms with Crippen molar-refractivity contribution in [3.05, 3.63) is 0 Å². The van der Waals surface area contributed by atoms with Gasteiger partial charge in [-0.1, -0.05) is 0 Å². The second-order valence-corrected chi connectivity index (χ2v) is 3.92. The van der Waals surface area contributed by atoms with Crippen molar-refractivity contribution in [3.63, 3.8) is 0 Å². The summed E-state index contributed by atoms with van der Waals surface area (Å²) in [5, 5.41) is 2.56. The maximum Gasteiger partial charge on any atom is 0.254 e. The fourth-order valence-corrected chi connectivity index (χ4v) is 2.19. The molecule has 0 aromatic carbocycles. The van der Waals surface area contributed by atoms with Gasteiger partial charge in [0.2, 0.25) is 0 Å².